The highest BCUT2D eigenvalue weighted by Crippen LogP contribution is 2.21. The molecule has 3 heteroatoms. The van der Waals surface area contributed by atoms with Gasteiger partial charge in [-0.25, -0.2) is 0 Å². The van der Waals surface area contributed by atoms with E-state index in [1.807, 2.05) is 25.1 Å². The van der Waals surface area contributed by atoms with Crippen LogP contribution in [-0.4, -0.2) is 16.9 Å². The van der Waals surface area contributed by atoms with E-state index in [0.717, 1.165) is 22.6 Å². The Kier molecular flexibility index (Phi) is 5.30. The van der Waals surface area contributed by atoms with Crippen molar-refractivity contribution < 1.29 is 4.79 Å². The molecule has 1 aromatic carbocycles. The Labute approximate surface area is 139 Å². The first-order valence-electron chi connectivity index (χ1n) is 8.36. The van der Waals surface area contributed by atoms with Crippen molar-refractivity contribution >= 4 is 11.5 Å². The van der Waals surface area contributed by atoms with Crippen molar-refractivity contribution in [3.8, 4) is 0 Å². The first-order valence-corrected chi connectivity index (χ1v) is 8.36. The number of rotatable bonds is 6. The van der Waals surface area contributed by atoms with E-state index in [-0.39, 0.29) is 5.78 Å². The Balaban J connectivity index is 2.07. The minimum Gasteiger partial charge on any atom is -0.378 e. The number of nitrogens with one attached hydrogen (secondary N) is 1. The molecule has 2 aromatic rings. The molecule has 0 bridgehead atoms. The molecule has 1 aromatic heterocycles. The topological polar surface area (TPSA) is 34.0 Å². The molecule has 3 nitrogen and oxygen atoms in total. The maximum atomic E-state index is 12.5. The molecule has 0 radical (unpaired) electrons. The van der Waals surface area contributed by atoms with E-state index >= 15 is 0 Å². The summed E-state index contributed by atoms with van der Waals surface area (Å²) in [4.78, 5) is 12.5. The van der Waals surface area contributed by atoms with Crippen LogP contribution in [0.5, 0.6) is 0 Å². The number of carbonyl (C=O) groups excluding carboxylic acids is 1. The van der Waals surface area contributed by atoms with E-state index in [9.17, 15) is 4.79 Å². The highest BCUT2D eigenvalue weighted by atomic mass is 16.1. The van der Waals surface area contributed by atoms with Crippen LogP contribution in [0.2, 0.25) is 0 Å². The summed E-state index contributed by atoms with van der Waals surface area (Å²) in [5.41, 5.74) is 5.31. The summed E-state index contributed by atoms with van der Waals surface area (Å²) in [5.74, 6) is 0.657. The van der Waals surface area contributed by atoms with Crippen molar-refractivity contribution in [1.29, 1.82) is 0 Å². The molecule has 1 N–H and O–H groups in total. The van der Waals surface area contributed by atoms with Gasteiger partial charge < -0.3 is 9.88 Å². The molecule has 0 unspecified atom stereocenters. The molecule has 0 amide bonds. The molecule has 0 saturated heterocycles. The molecule has 23 heavy (non-hydrogen) atoms. The van der Waals surface area contributed by atoms with E-state index in [0.29, 0.717) is 18.5 Å². The average molecular weight is 312 g/mol. The number of hydrogen-bond acceptors (Lipinski definition) is 2. The van der Waals surface area contributed by atoms with E-state index in [1.54, 1.807) is 0 Å². The van der Waals surface area contributed by atoms with Crippen LogP contribution in [0.25, 0.3) is 0 Å². The molecule has 0 fully saturated rings. The van der Waals surface area contributed by atoms with Crippen LogP contribution in [0.4, 0.5) is 5.69 Å². The summed E-state index contributed by atoms with van der Waals surface area (Å²) in [5, 5.41) is 3.24. The van der Waals surface area contributed by atoms with Gasteiger partial charge in [0.15, 0.2) is 5.78 Å². The van der Waals surface area contributed by atoms with Gasteiger partial charge in [0, 0.05) is 28.7 Å². The number of anilines is 1. The van der Waals surface area contributed by atoms with E-state index in [1.165, 1.54) is 5.56 Å². The summed E-state index contributed by atoms with van der Waals surface area (Å²) in [6.45, 7) is 13.0. The number of ketones is 1. The van der Waals surface area contributed by atoms with Gasteiger partial charge in [0.05, 0.1) is 6.54 Å². The van der Waals surface area contributed by atoms with Crippen LogP contribution >= 0.6 is 0 Å². The second-order valence-corrected chi connectivity index (χ2v) is 6.80. The summed E-state index contributed by atoms with van der Waals surface area (Å²) in [7, 11) is 0. The number of aromatic nitrogens is 1. The Hall–Kier alpha value is -2.03. The van der Waals surface area contributed by atoms with Crippen molar-refractivity contribution in [3.63, 3.8) is 0 Å². The third-order valence-corrected chi connectivity index (χ3v) is 4.33. The Bertz CT molecular complexity index is 678. The fraction of sp³-hybridized carbons (Fsp3) is 0.450. The molecule has 0 aliphatic rings. The van der Waals surface area contributed by atoms with Crippen LogP contribution in [0.1, 0.15) is 67.0 Å². The van der Waals surface area contributed by atoms with Gasteiger partial charge in [0.1, 0.15) is 0 Å². The zero-order chi connectivity index (χ0) is 17.1. The Morgan fingerprint density at radius 3 is 2.17 bits per heavy atom. The maximum absolute atomic E-state index is 12.5. The van der Waals surface area contributed by atoms with Crippen LogP contribution in [0.15, 0.2) is 30.3 Å². The van der Waals surface area contributed by atoms with Gasteiger partial charge in [0.2, 0.25) is 0 Å². The first kappa shape index (κ1) is 17.3. The minimum atomic E-state index is 0.137. The molecular formula is C20H28N2O. The summed E-state index contributed by atoms with van der Waals surface area (Å²) in [6, 6.07) is 10.7. The summed E-state index contributed by atoms with van der Waals surface area (Å²) >= 11 is 0. The Morgan fingerprint density at radius 1 is 1.09 bits per heavy atom. The van der Waals surface area contributed by atoms with Gasteiger partial charge >= 0.3 is 0 Å². The molecule has 0 spiro atoms. The number of carbonyl (C=O) groups is 1. The number of nitrogens with zero attached hydrogens (tertiary/aromatic N) is 1. The maximum Gasteiger partial charge on any atom is 0.183 e. The van der Waals surface area contributed by atoms with Crippen molar-refractivity contribution in [2.24, 2.45) is 0 Å². The van der Waals surface area contributed by atoms with Gasteiger partial charge in [-0.2, -0.15) is 0 Å². The molecule has 0 aliphatic heterocycles. The second-order valence-electron chi connectivity index (χ2n) is 6.80. The van der Waals surface area contributed by atoms with Crippen LogP contribution < -0.4 is 5.32 Å². The van der Waals surface area contributed by atoms with E-state index < -0.39 is 0 Å². The third kappa shape index (κ3) is 3.84. The lowest BCUT2D eigenvalue weighted by Gasteiger charge is -2.13. The number of Topliss-reactive ketones (excluding diaryl/α,β-unsaturated/α-hetero) is 1. The number of aryl methyl sites for hydroxylation is 1. The normalized spacial score (nSPS) is 11.3. The second kappa shape index (κ2) is 7.03. The van der Waals surface area contributed by atoms with Crippen LogP contribution in [0, 0.1) is 13.8 Å². The highest BCUT2D eigenvalue weighted by molar-refractivity contribution is 6.00. The Morgan fingerprint density at radius 2 is 1.70 bits per heavy atom. The van der Waals surface area contributed by atoms with E-state index in [4.69, 9.17) is 0 Å². The van der Waals surface area contributed by atoms with Crippen molar-refractivity contribution in [3.05, 3.63) is 52.8 Å². The lowest BCUT2D eigenvalue weighted by atomic mass is 10.0. The average Bonchev–Trinajstić information content (AvgIpc) is 2.80. The SMILES string of the molecule is Cc1cc(C(=O)CNc2ccc(C(C)C)cc2)c(C)n1C(C)C. The largest absolute Gasteiger partial charge is 0.378 e. The van der Waals surface area contributed by atoms with Crippen molar-refractivity contribution in [1.82, 2.24) is 4.57 Å². The smallest absolute Gasteiger partial charge is 0.183 e. The monoisotopic (exact) mass is 312 g/mol. The molecule has 0 aliphatic carbocycles. The number of benzene rings is 1. The molecule has 0 saturated carbocycles. The molecule has 124 valence electrons. The third-order valence-electron chi connectivity index (χ3n) is 4.33. The van der Waals surface area contributed by atoms with Gasteiger partial charge in [-0.1, -0.05) is 26.0 Å². The highest BCUT2D eigenvalue weighted by Gasteiger charge is 2.16. The van der Waals surface area contributed by atoms with E-state index in [2.05, 4.69) is 56.6 Å². The van der Waals surface area contributed by atoms with Crippen molar-refractivity contribution in [2.45, 2.75) is 53.5 Å². The summed E-state index contributed by atoms with van der Waals surface area (Å²) in [6.07, 6.45) is 0. The predicted octanol–water partition coefficient (Wildman–Crippen LogP) is 5.10. The predicted molar refractivity (Wildman–Crippen MR) is 97.6 cm³/mol. The number of hydrogen-bond donors (Lipinski definition) is 1. The first-order chi connectivity index (χ1) is 10.8. The molecule has 2 rings (SSSR count). The quantitative estimate of drug-likeness (QED) is 0.753. The van der Waals surface area contributed by atoms with Gasteiger partial charge in [-0.15, -0.1) is 0 Å². The molecule has 0 atom stereocenters. The van der Waals surface area contributed by atoms with Crippen LogP contribution in [0.3, 0.4) is 0 Å². The zero-order valence-electron chi connectivity index (χ0n) is 15.1. The van der Waals surface area contributed by atoms with Crippen LogP contribution in [-0.2, 0) is 0 Å². The molecule has 1 heterocycles. The molecular weight excluding hydrogens is 284 g/mol. The van der Waals surface area contributed by atoms with Gasteiger partial charge in [-0.3, -0.25) is 4.79 Å². The zero-order valence-corrected chi connectivity index (χ0v) is 15.1. The lowest BCUT2D eigenvalue weighted by molar-refractivity contribution is 0.101. The van der Waals surface area contributed by atoms with Crippen molar-refractivity contribution in [2.75, 3.05) is 11.9 Å². The fourth-order valence-electron chi connectivity index (χ4n) is 3.12. The minimum absolute atomic E-state index is 0.137. The summed E-state index contributed by atoms with van der Waals surface area (Å²) < 4.78 is 2.21. The van der Waals surface area contributed by atoms with Gasteiger partial charge in [0.25, 0.3) is 0 Å². The lowest BCUT2D eigenvalue weighted by Crippen LogP contribution is -2.15. The standard InChI is InChI=1S/C20H28N2O/c1-13(2)17-7-9-18(10-8-17)21-12-20(23)19-11-15(5)22(14(3)4)16(19)6/h7-11,13-14,21H,12H2,1-6H3. The fourth-order valence-corrected chi connectivity index (χ4v) is 3.12. The van der Waals surface area contributed by atoms with Gasteiger partial charge in [-0.05, 0) is 57.4 Å².